The highest BCUT2D eigenvalue weighted by molar-refractivity contribution is 5.17. The second kappa shape index (κ2) is 7.19. The Morgan fingerprint density at radius 1 is 1.20 bits per heavy atom. The summed E-state index contributed by atoms with van der Waals surface area (Å²) >= 11 is 0. The van der Waals surface area contributed by atoms with Crippen LogP contribution in [0.3, 0.4) is 0 Å². The fourth-order valence-corrected chi connectivity index (χ4v) is 3.61. The molecular weight excluding hydrogens is 316 g/mol. The minimum absolute atomic E-state index is 0.400. The van der Waals surface area contributed by atoms with Gasteiger partial charge in [0.15, 0.2) is 5.82 Å². The maximum absolute atomic E-state index is 10.5. The lowest BCUT2D eigenvalue weighted by Gasteiger charge is -2.40. The molecule has 1 N–H and O–H groups in total. The van der Waals surface area contributed by atoms with Crippen LogP contribution in [0.2, 0.25) is 0 Å². The van der Waals surface area contributed by atoms with Crippen LogP contribution in [0.4, 0.5) is 0 Å². The topological polar surface area (TPSA) is 70.3 Å². The Morgan fingerprint density at radius 2 is 2.00 bits per heavy atom. The van der Waals surface area contributed by atoms with Crippen molar-refractivity contribution >= 4 is 0 Å². The predicted molar refractivity (Wildman–Crippen MR) is 93.8 cm³/mol. The minimum Gasteiger partial charge on any atom is -0.387 e. The van der Waals surface area contributed by atoms with Gasteiger partial charge in [-0.05, 0) is 35.8 Å². The number of benzene rings is 1. The Bertz CT molecular complexity index is 686. The van der Waals surface area contributed by atoms with Crippen LogP contribution in [0.5, 0.6) is 0 Å². The Labute approximate surface area is 148 Å². The molecule has 2 aliphatic rings. The van der Waals surface area contributed by atoms with Crippen LogP contribution in [-0.2, 0) is 6.54 Å². The van der Waals surface area contributed by atoms with Crippen molar-refractivity contribution in [2.45, 2.75) is 44.5 Å². The molecule has 0 spiro atoms. The largest absolute Gasteiger partial charge is 0.387 e. The second-order valence-electron chi connectivity index (χ2n) is 7.28. The summed E-state index contributed by atoms with van der Waals surface area (Å²) < 4.78 is 2.00. The van der Waals surface area contributed by atoms with Crippen LogP contribution in [0.15, 0.2) is 30.3 Å². The third-order valence-electron chi connectivity index (χ3n) is 5.26. The number of aliphatic hydroxyl groups excluding tert-OH is 1. The van der Waals surface area contributed by atoms with Crippen molar-refractivity contribution in [3.05, 3.63) is 41.7 Å². The molecule has 0 unspecified atom stereocenters. The Hall–Kier alpha value is -1.83. The smallest absolute Gasteiger partial charge is 0.165 e. The molecule has 2 aromatic rings. The molecule has 25 heavy (non-hydrogen) atoms. The molecule has 0 amide bonds. The molecule has 7 nitrogen and oxygen atoms in total. The summed E-state index contributed by atoms with van der Waals surface area (Å²) in [5.74, 6) is 0.979. The van der Waals surface area contributed by atoms with E-state index in [1.165, 1.54) is 12.8 Å². The fraction of sp³-hybridized carbons (Fsp3) is 0.611. The van der Waals surface area contributed by atoms with Gasteiger partial charge in [-0.2, -0.15) is 0 Å². The van der Waals surface area contributed by atoms with E-state index in [1.54, 1.807) is 0 Å². The summed E-state index contributed by atoms with van der Waals surface area (Å²) in [6.07, 6.45) is 1.96. The summed E-state index contributed by atoms with van der Waals surface area (Å²) in [4.78, 5) is 4.79. The van der Waals surface area contributed by atoms with Gasteiger partial charge in [-0.3, -0.25) is 9.80 Å². The highest BCUT2D eigenvalue weighted by Gasteiger charge is 2.30. The van der Waals surface area contributed by atoms with Crippen LogP contribution in [-0.4, -0.2) is 67.3 Å². The molecular formula is C18H26N6O. The van der Waals surface area contributed by atoms with Crippen molar-refractivity contribution in [2.75, 3.05) is 26.2 Å². The fourth-order valence-electron chi connectivity index (χ4n) is 3.61. The molecule has 0 bridgehead atoms. The lowest BCUT2D eigenvalue weighted by atomic mass is 10.1. The van der Waals surface area contributed by atoms with Crippen molar-refractivity contribution in [2.24, 2.45) is 0 Å². The van der Waals surface area contributed by atoms with Crippen LogP contribution in [0, 0.1) is 0 Å². The molecule has 4 rings (SSSR count). The number of nitrogens with zero attached hydrogens (tertiary/aromatic N) is 6. The molecule has 2 heterocycles. The summed E-state index contributed by atoms with van der Waals surface area (Å²) in [5.41, 5.74) is 0.987. The van der Waals surface area contributed by atoms with E-state index >= 15 is 0 Å². The van der Waals surface area contributed by atoms with Gasteiger partial charge in [0, 0.05) is 32.2 Å². The van der Waals surface area contributed by atoms with E-state index in [-0.39, 0.29) is 0 Å². The molecule has 2 atom stereocenters. The lowest BCUT2D eigenvalue weighted by molar-refractivity contribution is 0.0349. The van der Waals surface area contributed by atoms with Gasteiger partial charge in [0.1, 0.15) is 0 Å². The number of aromatic nitrogens is 4. The first-order chi connectivity index (χ1) is 12.2. The monoisotopic (exact) mass is 342 g/mol. The quantitative estimate of drug-likeness (QED) is 0.852. The lowest BCUT2D eigenvalue weighted by Crippen LogP contribution is -2.52. The van der Waals surface area contributed by atoms with Crippen LogP contribution >= 0.6 is 0 Å². The summed E-state index contributed by atoms with van der Waals surface area (Å²) in [6, 6.07) is 10.8. The molecule has 1 aliphatic heterocycles. The molecule has 1 saturated carbocycles. The molecule has 1 saturated heterocycles. The second-order valence-corrected chi connectivity index (χ2v) is 7.28. The van der Waals surface area contributed by atoms with E-state index in [4.69, 9.17) is 0 Å². The van der Waals surface area contributed by atoms with E-state index in [0.29, 0.717) is 18.6 Å². The standard InChI is InChI=1S/C18H26N6O/c1-14-11-22(13-18-19-20-21-24(18)16-7-8-16)9-10-23(14)12-17(25)15-5-3-2-4-6-15/h2-6,14,16-17,25H,7-13H2,1H3/t14-,17+/m0/s1. The number of hydrogen-bond acceptors (Lipinski definition) is 6. The predicted octanol–water partition coefficient (Wildman–Crippen LogP) is 1.25. The number of hydrogen-bond donors (Lipinski definition) is 1. The average Bonchev–Trinajstić information content (AvgIpc) is 3.37. The average molecular weight is 342 g/mol. The van der Waals surface area contributed by atoms with Gasteiger partial charge in [-0.15, -0.1) is 5.10 Å². The molecule has 0 radical (unpaired) electrons. The maximum Gasteiger partial charge on any atom is 0.165 e. The van der Waals surface area contributed by atoms with E-state index in [0.717, 1.165) is 37.6 Å². The van der Waals surface area contributed by atoms with Crippen LogP contribution < -0.4 is 0 Å². The normalized spacial score (nSPS) is 23.7. The summed E-state index contributed by atoms with van der Waals surface area (Å²) in [7, 11) is 0. The molecule has 7 heteroatoms. The zero-order valence-electron chi connectivity index (χ0n) is 14.7. The van der Waals surface area contributed by atoms with Crippen LogP contribution in [0.1, 0.15) is 43.3 Å². The zero-order valence-corrected chi connectivity index (χ0v) is 14.7. The van der Waals surface area contributed by atoms with E-state index in [2.05, 4.69) is 32.2 Å². The van der Waals surface area contributed by atoms with E-state index in [9.17, 15) is 5.11 Å². The maximum atomic E-state index is 10.5. The van der Waals surface area contributed by atoms with Crippen molar-refractivity contribution in [1.82, 2.24) is 30.0 Å². The molecule has 2 fully saturated rings. The number of rotatable bonds is 6. The summed E-state index contributed by atoms with van der Waals surface area (Å²) in [6.45, 7) is 6.62. The van der Waals surface area contributed by atoms with Gasteiger partial charge < -0.3 is 5.11 Å². The van der Waals surface area contributed by atoms with Gasteiger partial charge in [-0.1, -0.05) is 30.3 Å². The zero-order chi connectivity index (χ0) is 17.2. The highest BCUT2D eigenvalue weighted by Crippen LogP contribution is 2.34. The Kier molecular flexibility index (Phi) is 4.78. The highest BCUT2D eigenvalue weighted by atomic mass is 16.3. The van der Waals surface area contributed by atoms with Gasteiger partial charge in [0.2, 0.25) is 0 Å². The number of piperazine rings is 1. The molecule has 1 aromatic carbocycles. The number of tetrazole rings is 1. The van der Waals surface area contributed by atoms with Crippen LogP contribution in [0.25, 0.3) is 0 Å². The third-order valence-corrected chi connectivity index (χ3v) is 5.26. The molecule has 1 aromatic heterocycles. The van der Waals surface area contributed by atoms with Gasteiger partial charge >= 0.3 is 0 Å². The van der Waals surface area contributed by atoms with Gasteiger partial charge in [0.05, 0.1) is 18.7 Å². The molecule has 134 valence electrons. The minimum atomic E-state index is -0.433. The van der Waals surface area contributed by atoms with E-state index in [1.807, 2.05) is 35.0 Å². The van der Waals surface area contributed by atoms with Crippen molar-refractivity contribution in [3.63, 3.8) is 0 Å². The summed E-state index contributed by atoms with van der Waals surface area (Å²) in [5, 5.41) is 22.7. The Morgan fingerprint density at radius 3 is 2.72 bits per heavy atom. The van der Waals surface area contributed by atoms with Crippen molar-refractivity contribution in [1.29, 1.82) is 0 Å². The number of aliphatic hydroxyl groups is 1. The van der Waals surface area contributed by atoms with Gasteiger partial charge in [-0.25, -0.2) is 4.68 Å². The van der Waals surface area contributed by atoms with Crippen molar-refractivity contribution < 1.29 is 5.11 Å². The Balaban J connectivity index is 1.32. The van der Waals surface area contributed by atoms with Gasteiger partial charge in [0.25, 0.3) is 0 Å². The molecule has 1 aliphatic carbocycles. The van der Waals surface area contributed by atoms with E-state index < -0.39 is 6.10 Å². The first-order valence-electron chi connectivity index (χ1n) is 9.17. The first kappa shape index (κ1) is 16.6. The number of β-amino-alcohol motifs (C(OH)–C–C–N with tert-alkyl or cyclic N) is 1. The third kappa shape index (κ3) is 3.89. The first-order valence-corrected chi connectivity index (χ1v) is 9.17. The van der Waals surface area contributed by atoms with Crippen molar-refractivity contribution in [3.8, 4) is 0 Å². The SMILES string of the molecule is C[C@H]1CN(Cc2nnnn2C2CC2)CCN1C[C@@H](O)c1ccccc1.